The van der Waals surface area contributed by atoms with Gasteiger partial charge in [-0.1, -0.05) is 71.2 Å². The van der Waals surface area contributed by atoms with E-state index >= 15 is 0 Å². The van der Waals surface area contributed by atoms with E-state index in [1.165, 1.54) is 0 Å². The van der Waals surface area contributed by atoms with Crippen LogP contribution in [0.1, 0.15) is 18.4 Å². The first-order valence-electron chi connectivity index (χ1n) is 9.25. The van der Waals surface area contributed by atoms with Crippen molar-refractivity contribution in [3.05, 3.63) is 60.3 Å². The highest BCUT2D eigenvalue weighted by atomic mass is 35.6. The monoisotopic (exact) mass is 470 g/mol. The number of aryl methyl sites for hydroxylation is 1. The molecule has 1 aliphatic heterocycles. The third-order valence-electron chi connectivity index (χ3n) is 4.59. The largest absolute Gasteiger partial charge is 0.332 e. The van der Waals surface area contributed by atoms with Crippen molar-refractivity contribution in [1.82, 2.24) is 15.2 Å². The molecule has 2 heterocycles. The number of hydrogen-bond donors (Lipinski definition) is 1. The van der Waals surface area contributed by atoms with Gasteiger partial charge in [0.1, 0.15) is 5.82 Å². The Bertz CT molecular complexity index is 833. The Morgan fingerprint density at radius 1 is 1.14 bits per heavy atom. The molecule has 5 nitrogen and oxygen atoms in total. The van der Waals surface area contributed by atoms with Gasteiger partial charge < -0.3 is 15.1 Å². The highest BCUT2D eigenvalue weighted by Crippen LogP contribution is 2.34. The van der Waals surface area contributed by atoms with E-state index in [-0.39, 0.29) is 12.3 Å². The van der Waals surface area contributed by atoms with Crippen LogP contribution >= 0.6 is 47.0 Å². The maximum absolute atomic E-state index is 12.6. The molecule has 1 amide bonds. The van der Waals surface area contributed by atoms with Gasteiger partial charge in [0.05, 0.1) is 0 Å². The minimum absolute atomic E-state index is 0.206. The van der Waals surface area contributed by atoms with Crippen molar-refractivity contribution in [2.75, 3.05) is 18.0 Å². The molecule has 1 N–H and O–H groups in total. The third-order valence-corrected chi connectivity index (χ3v) is 5.66. The van der Waals surface area contributed by atoms with Crippen LogP contribution in [0, 0.1) is 0 Å². The van der Waals surface area contributed by atoms with Gasteiger partial charge in [0.2, 0.25) is 9.70 Å². The number of thiocarbonyl (C=S) groups is 1. The maximum Gasteiger partial charge on any atom is 0.228 e. The van der Waals surface area contributed by atoms with Crippen molar-refractivity contribution in [1.29, 1.82) is 0 Å². The fourth-order valence-corrected chi connectivity index (χ4v) is 4.07. The minimum Gasteiger partial charge on any atom is -0.332 e. The molecule has 1 aliphatic rings. The zero-order valence-electron chi connectivity index (χ0n) is 15.6. The van der Waals surface area contributed by atoms with Gasteiger partial charge in [0.15, 0.2) is 11.3 Å². The van der Waals surface area contributed by atoms with E-state index < -0.39 is 9.96 Å². The zero-order valence-corrected chi connectivity index (χ0v) is 18.7. The third kappa shape index (κ3) is 5.95. The summed E-state index contributed by atoms with van der Waals surface area (Å²) in [6.45, 7) is 1.28. The van der Waals surface area contributed by atoms with E-state index in [0.29, 0.717) is 24.6 Å². The lowest BCUT2D eigenvalue weighted by atomic mass is 10.1. The number of benzene rings is 1. The summed E-state index contributed by atoms with van der Waals surface area (Å²) in [5.74, 6) is 0.517. The molecule has 0 saturated carbocycles. The molecule has 1 saturated heterocycles. The van der Waals surface area contributed by atoms with E-state index in [2.05, 4.69) is 10.3 Å². The van der Waals surface area contributed by atoms with Gasteiger partial charge in [-0.05, 0) is 42.8 Å². The van der Waals surface area contributed by atoms with E-state index in [1.54, 1.807) is 11.1 Å². The van der Waals surface area contributed by atoms with E-state index in [9.17, 15) is 4.79 Å². The van der Waals surface area contributed by atoms with E-state index in [0.717, 1.165) is 17.8 Å². The van der Waals surface area contributed by atoms with Crippen LogP contribution < -0.4 is 10.2 Å². The second kappa shape index (κ2) is 9.94. The summed E-state index contributed by atoms with van der Waals surface area (Å²) in [5, 5.41) is 3.32. The van der Waals surface area contributed by atoms with Gasteiger partial charge in [-0.2, -0.15) is 0 Å². The molecule has 0 radical (unpaired) electrons. The summed E-state index contributed by atoms with van der Waals surface area (Å²) in [5.41, 5.74) is 1.07. The number of alkyl halides is 3. The Kier molecular flexibility index (Phi) is 7.57. The fraction of sp³-hybridized carbons (Fsp3) is 0.350. The molecule has 1 aromatic heterocycles. The first kappa shape index (κ1) is 22.1. The molecular weight excluding hydrogens is 451 g/mol. The average molecular weight is 472 g/mol. The molecule has 1 unspecified atom stereocenters. The lowest BCUT2D eigenvalue weighted by molar-refractivity contribution is -0.122. The quantitative estimate of drug-likeness (QED) is 0.502. The molecule has 3 rings (SSSR count). The molecular formula is C20H21Cl3N4OS. The molecule has 1 aromatic carbocycles. The normalized spacial score (nSPS) is 15.9. The number of amides is 1. The molecule has 0 spiro atoms. The fourth-order valence-electron chi connectivity index (χ4n) is 3.17. The Balaban J connectivity index is 1.70. The van der Waals surface area contributed by atoms with Crippen LogP contribution in [0.3, 0.4) is 0 Å². The first-order chi connectivity index (χ1) is 13.9. The van der Waals surface area contributed by atoms with Gasteiger partial charge in [0.25, 0.3) is 0 Å². The van der Waals surface area contributed by atoms with Gasteiger partial charge in [-0.15, -0.1) is 0 Å². The van der Waals surface area contributed by atoms with E-state index in [1.807, 2.05) is 53.4 Å². The smallest absolute Gasteiger partial charge is 0.228 e. The first-order valence-corrected chi connectivity index (χ1v) is 10.8. The average Bonchev–Trinajstić information content (AvgIpc) is 2.71. The molecule has 9 heteroatoms. The van der Waals surface area contributed by atoms with Crippen LogP contribution in [0.5, 0.6) is 0 Å². The maximum atomic E-state index is 12.6. The molecule has 0 aliphatic carbocycles. The van der Waals surface area contributed by atoms with Gasteiger partial charge in [-0.3, -0.25) is 4.79 Å². The van der Waals surface area contributed by atoms with Crippen LogP contribution in [0.4, 0.5) is 5.82 Å². The second-order valence-electron chi connectivity index (χ2n) is 6.67. The molecule has 2 aromatic rings. The number of aromatic nitrogens is 1. The molecule has 0 bridgehead atoms. The van der Waals surface area contributed by atoms with E-state index in [4.69, 9.17) is 47.0 Å². The molecule has 29 heavy (non-hydrogen) atoms. The summed E-state index contributed by atoms with van der Waals surface area (Å²) in [6.07, 6.45) is 2.49. The SMILES string of the molecule is O=C(CCc1ccccc1)NC(N1CCCN(c2ccccn2)C1=S)C(Cl)(Cl)Cl. The topological polar surface area (TPSA) is 48.5 Å². The lowest BCUT2D eigenvalue weighted by Gasteiger charge is -2.44. The van der Waals surface area contributed by atoms with Crippen LogP contribution in [0.15, 0.2) is 54.7 Å². The number of anilines is 1. The summed E-state index contributed by atoms with van der Waals surface area (Å²) in [7, 11) is 0. The molecule has 1 fully saturated rings. The van der Waals surface area contributed by atoms with Crippen molar-refractivity contribution in [2.45, 2.75) is 29.2 Å². The number of pyridine rings is 1. The predicted octanol–water partition coefficient (Wildman–Crippen LogP) is 4.32. The Hall–Kier alpha value is -1.60. The summed E-state index contributed by atoms with van der Waals surface area (Å²) >= 11 is 24.4. The highest BCUT2D eigenvalue weighted by Gasteiger charge is 2.42. The highest BCUT2D eigenvalue weighted by molar-refractivity contribution is 7.80. The van der Waals surface area contributed by atoms with Crippen molar-refractivity contribution >= 4 is 63.9 Å². The van der Waals surface area contributed by atoms with Gasteiger partial charge >= 0.3 is 0 Å². The number of nitrogens with zero attached hydrogens (tertiary/aromatic N) is 3. The Labute approximate surface area is 190 Å². The number of hydrogen-bond acceptors (Lipinski definition) is 3. The zero-order chi connectivity index (χ0) is 20.9. The van der Waals surface area contributed by atoms with Crippen LogP contribution in [-0.2, 0) is 11.2 Å². The molecule has 154 valence electrons. The number of nitrogens with one attached hydrogen (secondary N) is 1. The summed E-state index contributed by atoms with van der Waals surface area (Å²) in [4.78, 5) is 20.6. The predicted molar refractivity (Wildman–Crippen MR) is 122 cm³/mol. The number of carbonyl (C=O) groups is 1. The number of rotatable bonds is 6. The van der Waals surface area contributed by atoms with Crippen LogP contribution in [0.25, 0.3) is 0 Å². The van der Waals surface area contributed by atoms with Crippen molar-refractivity contribution in [3.63, 3.8) is 0 Å². The number of halogens is 3. The van der Waals surface area contributed by atoms with Crippen LogP contribution in [-0.4, -0.2) is 44.0 Å². The Morgan fingerprint density at radius 3 is 2.52 bits per heavy atom. The van der Waals surface area contributed by atoms with Crippen molar-refractivity contribution < 1.29 is 4.79 Å². The minimum atomic E-state index is -1.75. The summed E-state index contributed by atoms with van der Waals surface area (Å²) in [6, 6.07) is 15.4. The Morgan fingerprint density at radius 2 is 1.86 bits per heavy atom. The second-order valence-corrected chi connectivity index (χ2v) is 9.40. The van der Waals surface area contributed by atoms with Gasteiger partial charge in [-0.25, -0.2) is 4.98 Å². The van der Waals surface area contributed by atoms with Crippen molar-refractivity contribution in [2.24, 2.45) is 0 Å². The standard InChI is InChI=1S/C20H21Cl3N4OS/c21-20(22,23)18(25-17(28)11-10-15-7-2-1-3-8-15)27-14-6-13-26(19(27)29)16-9-4-5-12-24-16/h1-5,7-9,12,18H,6,10-11,13-14H2,(H,25,28). The van der Waals surface area contributed by atoms with Gasteiger partial charge in [0, 0.05) is 25.7 Å². The lowest BCUT2D eigenvalue weighted by Crippen LogP contribution is -2.62. The van der Waals surface area contributed by atoms with Crippen molar-refractivity contribution in [3.8, 4) is 0 Å². The van der Waals surface area contributed by atoms with Crippen LogP contribution in [0.2, 0.25) is 0 Å². The number of carbonyl (C=O) groups excluding carboxylic acids is 1. The summed E-state index contributed by atoms with van der Waals surface area (Å²) < 4.78 is -1.75. The molecule has 1 atom stereocenters.